The monoisotopic (exact) mass is 336 g/mol. The van der Waals surface area contributed by atoms with Crippen molar-refractivity contribution in [1.29, 1.82) is 0 Å². The number of halogens is 1. The summed E-state index contributed by atoms with van der Waals surface area (Å²) in [6.07, 6.45) is 2.18. The molecule has 1 aliphatic rings. The van der Waals surface area contributed by atoms with Crippen LogP contribution in [0, 0.1) is 5.92 Å². The van der Waals surface area contributed by atoms with Crippen LogP contribution < -0.4 is 21.4 Å². The van der Waals surface area contributed by atoms with Gasteiger partial charge in [0.15, 0.2) is 0 Å². The number of rotatable bonds is 7. The summed E-state index contributed by atoms with van der Waals surface area (Å²) < 4.78 is 0. The van der Waals surface area contributed by atoms with Gasteiger partial charge in [-0.3, -0.25) is 19.6 Å². The predicted octanol–water partition coefficient (Wildman–Crippen LogP) is -0.687. The van der Waals surface area contributed by atoms with Crippen LogP contribution in [0.15, 0.2) is 0 Å². The molecule has 2 unspecified atom stereocenters. The third-order valence-corrected chi connectivity index (χ3v) is 3.26. The van der Waals surface area contributed by atoms with Gasteiger partial charge < -0.3 is 16.0 Å². The van der Waals surface area contributed by atoms with Crippen LogP contribution in [0.25, 0.3) is 0 Å². The minimum atomic E-state index is -0.713. The quantitative estimate of drug-likeness (QED) is 0.311. The smallest absolute Gasteiger partial charge is 0.262 e. The summed E-state index contributed by atoms with van der Waals surface area (Å²) in [5.41, 5.74) is 1.43. The first-order chi connectivity index (χ1) is 9.93. The molecule has 2 atom stereocenters. The Morgan fingerprint density at radius 1 is 1.32 bits per heavy atom. The molecule has 1 aliphatic heterocycles. The summed E-state index contributed by atoms with van der Waals surface area (Å²) in [6.45, 7) is 4.36. The highest BCUT2D eigenvalue weighted by Gasteiger charge is 2.27. The van der Waals surface area contributed by atoms with Crippen molar-refractivity contribution in [3.63, 3.8) is 0 Å². The molecular formula is C13H25ClN4O4. The van der Waals surface area contributed by atoms with E-state index >= 15 is 0 Å². The number of nitrogens with one attached hydrogen (secondary N) is 4. The van der Waals surface area contributed by atoms with E-state index in [4.69, 9.17) is 5.21 Å². The first-order valence-corrected chi connectivity index (χ1v) is 7.18. The molecule has 8 nitrogen and oxygen atoms in total. The lowest BCUT2D eigenvalue weighted by atomic mass is 10.0. The molecule has 0 saturated carbocycles. The van der Waals surface area contributed by atoms with E-state index in [0.717, 1.165) is 19.4 Å². The number of amides is 3. The number of hydrogen-bond donors (Lipinski definition) is 5. The van der Waals surface area contributed by atoms with Crippen LogP contribution >= 0.6 is 12.4 Å². The summed E-state index contributed by atoms with van der Waals surface area (Å²) in [6, 6.07) is -0.945. The average molecular weight is 337 g/mol. The van der Waals surface area contributed by atoms with E-state index in [1.165, 1.54) is 5.48 Å². The zero-order valence-electron chi connectivity index (χ0n) is 12.8. The molecule has 5 N–H and O–H groups in total. The Balaban J connectivity index is 0.00000441. The number of hydroxylamine groups is 1. The molecule has 22 heavy (non-hydrogen) atoms. The van der Waals surface area contributed by atoms with Crippen molar-refractivity contribution in [2.75, 3.05) is 13.1 Å². The van der Waals surface area contributed by atoms with E-state index in [1.807, 2.05) is 13.8 Å². The molecule has 1 heterocycles. The Morgan fingerprint density at radius 3 is 2.50 bits per heavy atom. The third-order valence-electron chi connectivity index (χ3n) is 3.26. The first kappa shape index (κ1) is 20.6. The maximum absolute atomic E-state index is 12.1. The van der Waals surface area contributed by atoms with Crippen molar-refractivity contribution in [1.82, 2.24) is 21.4 Å². The Labute approximate surface area is 136 Å². The summed E-state index contributed by atoms with van der Waals surface area (Å²) in [7, 11) is 0. The molecular weight excluding hydrogens is 312 g/mol. The lowest BCUT2D eigenvalue weighted by molar-refractivity contribution is -0.133. The number of hydrogen-bond acceptors (Lipinski definition) is 5. The normalized spacial score (nSPS) is 18.3. The van der Waals surface area contributed by atoms with Crippen LogP contribution in [-0.2, 0) is 14.4 Å². The Kier molecular flexibility index (Phi) is 9.71. The lowest BCUT2D eigenvalue weighted by Gasteiger charge is -2.21. The van der Waals surface area contributed by atoms with Crippen LogP contribution in [0.5, 0.6) is 0 Å². The van der Waals surface area contributed by atoms with Gasteiger partial charge in [0.2, 0.25) is 11.8 Å². The SMILES string of the molecule is CC(C)CC(NC(=O)C1CCCN1)C(=O)NCC(=O)NO.Cl. The van der Waals surface area contributed by atoms with Crippen molar-refractivity contribution in [3.05, 3.63) is 0 Å². The number of carbonyl (C=O) groups excluding carboxylic acids is 3. The average Bonchev–Trinajstić information content (AvgIpc) is 2.97. The molecule has 128 valence electrons. The molecule has 1 saturated heterocycles. The fourth-order valence-corrected chi connectivity index (χ4v) is 2.21. The van der Waals surface area contributed by atoms with Crippen LogP contribution in [0.1, 0.15) is 33.1 Å². The summed E-state index contributed by atoms with van der Waals surface area (Å²) in [5, 5.41) is 16.6. The minimum Gasteiger partial charge on any atom is -0.345 e. The maximum atomic E-state index is 12.1. The highest BCUT2D eigenvalue weighted by molar-refractivity contribution is 5.91. The van der Waals surface area contributed by atoms with Crippen molar-refractivity contribution in [2.24, 2.45) is 5.92 Å². The van der Waals surface area contributed by atoms with Gasteiger partial charge in [-0.05, 0) is 31.7 Å². The van der Waals surface area contributed by atoms with Crippen LogP contribution in [-0.4, -0.2) is 48.1 Å². The molecule has 0 aromatic carbocycles. The summed E-state index contributed by atoms with van der Waals surface area (Å²) >= 11 is 0. The van der Waals surface area contributed by atoms with E-state index in [0.29, 0.717) is 6.42 Å². The summed E-state index contributed by atoms with van der Waals surface area (Å²) in [4.78, 5) is 35.0. The minimum absolute atomic E-state index is 0. The molecule has 9 heteroatoms. The van der Waals surface area contributed by atoms with Crippen molar-refractivity contribution < 1.29 is 19.6 Å². The Hall–Kier alpha value is -1.38. The van der Waals surface area contributed by atoms with E-state index in [-0.39, 0.29) is 36.8 Å². The molecule has 0 spiro atoms. The molecule has 0 bridgehead atoms. The van der Waals surface area contributed by atoms with Gasteiger partial charge in [-0.25, -0.2) is 5.48 Å². The van der Waals surface area contributed by atoms with Crippen LogP contribution in [0.4, 0.5) is 0 Å². The van der Waals surface area contributed by atoms with Gasteiger partial charge in [0, 0.05) is 0 Å². The first-order valence-electron chi connectivity index (χ1n) is 7.18. The predicted molar refractivity (Wildman–Crippen MR) is 82.6 cm³/mol. The second-order valence-corrected chi connectivity index (χ2v) is 5.59. The largest absolute Gasteiger partial charge is 0.345 e. The lowest BCUT2D eigenvalue weighted by Crippen LogP contribution is -2.52. The van der Waals surface area contributed by atoms with Gasteiger partial charge in [-0.1, -0.05) is 13.8 Å². The van der Waals surface area contributed by atoms with Crippen molar-refractivity contribution in [2.45, 2.75) is 45.2 Å². The number of carbonyl (C=O) groups is 3. The van der Waals surface area contributed by atoms with E-state index in [1.54, 1.807) is 0 Å². The third kappa shape index (κ3) is 7.06. The maximum Gasteiger partial charge on any atom is 0.262 e. The van der Waals surface area contributed by atoms with E-state index in [9.17, 15) is 14.4 Å². The zero-order chi connectivity index (χ0) is 15.8. The van der Waals surface area contributed by atoms with Gasteiger partial charge >= 0.3 is 0 Å². The molecule has 3 amide bonds. The zero-order valence-corrected chi connectivity index (χ0v) is 13.7. The highest BCUT2D eigenvalue weighted by Crippen LogP contribution is 2.08. The van der Waals surface area contributed by atoms with E-state index < -0.39 is 17.9 Å². The van der Waals surface area contributed by atoms with Crippen LogP contribution in [0.3, 0.4) is 0 Å². The molecule has 1 rings (SSSR count). The van der Waals surface area contributed by atoms with Crippen LogP contribution in [0.2, 0.25) is 0 Å². The molecule has 1 fully saturated rings. The van der Waals surface area contributed by atoms with Crippen molar-refractivity contribution >= 4 is 30.1 Å². The molecule has 0 aliphatic carbocycles. The fraction of sp³-hybridized carbons (Fsp3) is 0.769. The molecule has 0 aromatic rings. The molecule has 0 aromatic heterocycles. The summed E-state index contributed by atoms with van der Waals surface area (Å²) in [5.74, 6) is -1.13. The topological polar surface area (TPSA) is 120 Å². The van der Waals surface area contributed by atoms with Crippen molar-refractivity contribution in [3.8, 4) is 0 Å². The van der Waals surface area contributed by atoms with Gasteiger partial charge in [0.1, 0.15) is 6.04 Å². The van der Waals surface area contributed by atoms with Gasteiger partial charge in [-0.2, -0.15) is 0 Å². The van der Waals surface area contributed by atoms with E-state index in [2.05, 4.69) is 16.0 Å². The Morgan fingerprint density at radius 2 is 2.00 bits per heavy atom. The Bertz CT molecular complexity index is 386. The highest BCUT2D eigenvalue weighted by atomic mass is 35.5. The van der Waals surface area contributed by atoms with Gasteiger partial charge in [0.05, 0.1) is 12.6 Å². The standard InChI is InChI=1S/C13H24N4O4.ClH/c1-8(2)6-10(12(19)15-7-11(18)17-21)16-13(20)9-4-3-5-14-9;/h8-10,14,21H,3-7H2,1-2H3,(H,15,19)(H,16,20)(H,17,18);1H. The van der Waals surface area contributed by atoms with Gasteiger partial charge in [-0.15, -0.1) is 12.4 Å². The van der Waals surface area contributed by atoms with Gasteiger partial charge in [0.25, 0.3) is 5.91 Å². The second kappa shape index (κ2) is 10.4. The second-order valence-electron chi connectivity index (χ2n) is 5.59. The molecule has 0 radical (unpaired) electrons. The fourth-order valence-electron chi connectivity index (χ4n) is 2.21.